The number of hydrogen-bond donors (Lipinski definition) is 0. The quantitative estimate of drug-likeness (QED) is 0.805. The lowest BCUT2D eigenvalue weighted by Crippen LogP contribution is -1.92. The van der Waals surface area contributed by atoms with E-state index in [4.69, 9.17) is 21.1 Å². The van der Waals surface area contributed by atoms with Crippen molar-refractivity contribution in [2.45, 2.75) is 9.92 Å². The van der Waals surface area contributed by atoms with Gasteiger partial charge in [-0.25, -0.2) is 9.97 Å². The molecule has 0 unspecified atom stereocenters. The van der Waals surface area contributed by atoms with E-state index in [1.165, 1.54) is 18.1 Å². The smallest absolute Gasteiger partial charge is 0.188 e. The molecular weight excluding hydrogens is 272 g/mol. The maximum Gasteiger partial charge on any atom is 0.188 e. The first-order chi connectivity index (χ1) is 8.74. The van der Waals surface area contributed by atoms with Gasteiger partial charge in [-0.05, 0) is 24.3 Å². The SMILES string of the molecule is COc1ccc(Sc2ncnc(Cl)c2OC)cc1. The number of rotatable bonds is 4. The maximum atomic E-state index is 5.93. The average molecular weight is 283 g/mol. The molecule has 94 valence electrons. The average Bonchev–Trinajstić information content (AvgIpc) is 2.40. The highest BCUT2D eigenvalue weighted by atomic mass is 35.5. The Hall–Kier alpha value is -1.46. The van der Waals surface area contributed by atoms with Crippen molar-refractivity contribution in [1.82, 2.24) is 9.97 Å². The molecular formula is C12H11ClN2O2S. The highest BCUT2D eigenvalue weighted by Crippen LogP contribution is 2.36. The number of halogens is 1. The molecule has 1 heterocycles. The Morgan fingerprint density at radius 2 is 1.78 bits per heavy atom. The molecule has 1 aromatic heterocycles. The van der Waals surface area contributed by atoms with Gasteiger partial charge in [-0.3, -0.25) is 0 Å². The minimum atomic E-state index is 0.309. The topological polar surface area (TPSA) is 44.2 Å². The second-order valence-electron chi connectivity index (χ2n) is 3.28. The van der Waals surface area contributed by atoms with Crippen LogP contribution in [0.1, 0.15) is 0 Å². The molecule has 0 aliphatic heterocycles. The summed E-state index contributed by atoms with van der Waals surface area (Å²) in [6.45, 7) is 0. The lowest BCUT2D eigenvalue weighted by molar-refractivity contribution is 0.398. The number of aromatic nitrogens is 2. The van der Waals surface area contributed by atoms with Crippen LogP contribution >= 0.6 is 23.4 Å². The van der Waals surface area contributed by atoms with Crippen molar-refractivity contribution >= 4 is 23.4 Å². The van der Waals surface area contributed by atoms with E-state index in [2.05, 4.69) is 9.97 Å². The summed E-state index contributed by atoms with van der Waals surface area (Å²) < 4.78 is 10.3. The molecule has 18 heavy (non-hydrogen) atoms. The van der Waals surface area contributed by atoms with Gasteiger partial charge in [0.25, 0.3) is 0 Å². The standard InChI is InChI=1S/C12H11ClN2O2S/c1-16-8-3-5-9(6-4-8)18-12-10(17-2)11(13)14-7-15-12/h3-7H,1-2H3. The minimum Gasteiger partial charge on any atom is -0.497 e. The van der Waals surface area contributed by atoms with Gasteiger partial charge >= 0.3 is 0 Å². The van der Waals surface area contributed by atoms with Crippen LogP contribution in [0.5, 0.6) is 11.5 Å². The highest BCUT2D eigenvalue weighted by molar-refractivity contribution is 7.99. The Bertz CT molecular complexity index is 534. The molecule has 0 fully saturated rings. The molecule has 0 aliphatic carbocycles. The molecule has 6 heteroatoms. The normalized spacial score (nSPS) is 10.2. The number of benzene rings is 1. The van der Waals surface area contributed by atoms with Gasteiger partial charge in [0.2, 0.25) is 0 Å². The van der Waals surface area contributed by atoms with Crippen molar-refractivity contribution in [3.63, 3.8) is 0 Å². The van der Waals surface area contributed by atoms with Gasteiger partial charge < -0.3 is 9.47 Å². The largest absolute Gasteiger partial charge is 0.497 e. The molecule has 0 saturated heterocycles. The van der Waals surface area contributed by atoms with Gasteiger partial charge in [-0.1, -0.05) is 23.4 Å². The molecule has 4 nitrogen and oxygen atoms in total. The van der Waals surface area contributed by atoms with Crippen LogP contribution in [0.4, 0.5) is 0 Å². The zero-order valence-corrected chi connectivity index (χ0v) is 11.5. The van der Waals surface area contributed by atoms with Gasteiger partial charge in [-0.2, -0.15) is 0 Å². The van der Waals surface area contributed by atoms with E-state index in [0.29, 0.717) is 15.9 Å². The van der Waals surface area contributed by atoms with Crippen LogP contribution in [0.2, 0.25) is 5.15 Å². The monoisotopic (exact) mass is 282 g/mol. The molecule has 2 rings (SSSR count). The number of methoxy groups -OCH3 is 2. The summed E-state index contributed by atoms with van der Waals surface area (Å²) in [5, 5.41) is 0.992. The predicted molar refractivity (Wildman–Crippen MR) is 70.7 cm³/mol. The summed E-state index contributed by atoms with van der Waals surface area (Å²) in [6.07, 6.45) is 1.41. The zero-order valence-electron chi connectivity index (χ0n) is 9.88. The van der Waals surface area contributed by atoms with E-state index in [-0.39, 0.29) is 0 Å². The Labute approximate surface area is 114 Å². The predicted octanol–water partition coefficient (Wildman–Crippen LogP) is 3.30. The van der Waals surface area contributed by atoms with Crippen LogP contribution in [0.3, 0.4) is 0 Å². The molecule has 1 aromatic carbocycles. The third-order valence-electron chi connectivity index (χ3n) is 2.21. The van der Waals surface area contributed by atoms with E-state index >= 15 is 0 Å². The zero-order chi connectivity index (χ0) is 13.0. The maximum absolute atomic E-state index is 5.93. The highest BCUT2D eigenvalue weighted by Gasteiger charge is 2.11. The summed E-state index contributed by atoms with van der Waals surface area (Å²) in [6, 6.07) is 7.66. The molecule has 0 saturated carbocycles. The molecule has 0 spiro atoms. The first-order valence-electron chi connectivity index (χ1n) is 5.11. The Balaban J connectivity index is 2.25. The lowest BCUT2D eigenvalue weighted by atomic mass is 10.3. The molecule has 0 aliphatic rings. The molecule has 0 bridgehead atoms. The molecule has 0 amide bonds. The van der Waals surface area contributed by atoms with Gasteiger partial charge in [0.15, 0.2) is 10.9 Å². The second-order valence-corrected chi connectivity index (χ2v) is 4.70. The van der Waals surface area contributed by atoms with Gasteiger partial charge in [0.05, 0.1) is 14.2 Å². The fourth-order valence-corrected chi connectivity index (χ4v) is 2.47. The summed E-state index contributed by atoms with van der Waals surface area (Å²) in [5.41, 5.74) is 0. The summed E-state index contributed by atoms with van der Waals surface area (Å²) >= 11 is 7.39. The van der Waals surface area contributed by atoms with E-state index in [0.717, 1.165) is 10.6 Å². The van der Waals surface area contributed by atoms with Crippen molar-refractivity contribution < 1.29 is 9.47 Å². The summed E-state index contributed by atoms with van der Waals surface area (Å²) in [7, 11) is 3.18. The summed E-state index contributed by atoms with van der Waals surface area (Å²) in [4.78, 5) is 9.05. The lowest BCUT2D eigenvalue weighted by Gasteiger charge is -2.07. The third kappa shape index (κ3) is 2.86. The number of nitrogens with zero attached hydrogens (tertiary/aromatic N) is 2. The Morgan fingerprint density at radius 3 is 2.39 bits per heavy atom. The fourth-order valence-electron chi connectivity index (χ4n) is 1.34. The van der Waals surface area contributed by atoms with Crippen LogP contribution in [-0.4, -0.2) is 24.2 Å². The van der Waals surface area contributed by atoms with Crippen molar-refractivity contribution in [3.8, 4) is 11.5 Å². The number of ether oxygens (including phenoxy) is 2. The van der Waals surface area contributed by atoms with Gasteiger partial charge in [0, 0.05) is 4.90 Å². The van der Waals surface area contributed by atoms with Crippen molar-refractivity contribution in [1.29, 1.82) is 0 Å². The van der Waals surface area contributed by atoms with Crippen LogP contribution in [0, 0.1) is 0 Å². The molecule has 2 aromatic rings. The molecule has 0 radical (unpaired) electrons. The first-order valence-corrected chi connectivity index (χ1v) is 6.30. The van der Waals surface area contributed by atoms with Crippen molar-refractivity contribution in [2.24, 2.45) is 0 Å². The van der Waals surface area contributed by atoms with Gasteiger partial charge in [0.1, 0.15) is 17.1 Å². The Kier molecular flexibility index (Phi) is 4.28. The first kappa shape index (κ1) is 13.0. The van der Waals surface area contributed by atoms with E-state index < -0.39 is 0 Å². The van der Waals surface area contributed by atoms with Crippen LogP contribution < -0.4 is 9.47 Å². The van der Waals surface area contributed by atoms with Gasteiger partial charge in [-0.15, -0.1) is 0 Å². The van der Waals surface area contributed by atoms with E-state index in [9.17, 15) is 0 Å². The van der Waals surface area contributed by atoms with Crippen molar-refractivity contribution in [3.05, 3.63) is 35.7 Å². The van der Waals surface area contributed by atoms with E-state index in [1.54, 1.807) is 14.2 Å². The third-order valence-corrected chi connectivity index (χ3v) is 3.47. The molecule has 0 N–H and O–H groups in total. The number of hydrogen-bond acceptors (Lipinski definition) is 5. The summed E-state index contributed by atoms with van der Waals surface area (Å²) in [5.74, 6) is 1.30. The Morgan fingerprint density at radius 1 is 1.06 bits per heavy atom. The van der Waals surface area contributed by atoms with Crippen LogP contribution in [0.25, 0.3) is 0 Å². The van der Waals surface area contributed by atoms with E-state index in [1.807, 2.05) is 24.3 Å². The van der Waals surface area contributed by atoms with Crippen LogP contribution in [0.15, 0.2) is 40.5 Å². The fraction of sp³-hybridized carbons (Fsp3) is 0.167. The molecule has 0 atom stereocenters. The minimum absolute atomic E-state index is 0.309. The van der Waals surface area contributed by atoms with Crippen molar-refractivity contribution in [2.75, 3.05) is 14.2 Å². The van der Waals surface area contributed by atoms with Crippen LogP contribution in [-0.2, 0) is 0 Å². The second kappa shape index (κ2) is 5.93.